The van der Waals surface area contributed by atoms with Gasteiger partial charge >= 0.3 is 0 Å². The molecule has 1 aromatic carbocycles. The van der Waals surface area contributed by atoms with Crippen LogP contribution in [-0.2, 0) is 0 Å². The van der Waals surface area contributed by atoms with E-state index in [1.54, 1.807) is 12.1 Å². The molecule has 0 radical (unpaired) electrons. The molecule has 4 heteroatoms. The Morgan fingerprint density at radius 1 is 1.55 bits per heavy atom. The molecule has 0 aliphatic carbocycles. The van der Waals surface area contributed by atoms with E-state index in [2.05, 4.69) is 4.90 Å². The minimum Gasteiger partial charge on any atom is -0.396 e. The van der Waals surface area contributed by atoms with Crippen LogP contribution in [-0.4, -0.2) is 41.5 Å². The molecule has 1 N–H and O–H groups in total. The Hall–Kier alpha value is -0.900. The highest BCUT2D eigenvalue weighted by molar-refractivity contribution is 6.31. The monoisotopic (exact) mass is 295 g/mol. The van der Waals surface area contributed by atoms with Crippen molar-refractivity contribution in [3.63, 3.8) is 0 Å². The van der Waals surface area contributed by atoms with E-state index in [1.807, 2.05) is 19.1 Å². The average molecular weight is 296 g/mol. The zero-order valence-electron chi connectivity index (χ0n) is 11.9. The number of aliphatic hydroxyl groups excluding tert-OH is 1. The van der Waals surface area contributed by atoms with E-state index in [9.17, 15) is 4.79 Å². The number of Topliss-reactive ketones (excluding diaryl/α,β-unsaturated/α-hetero) is 1. The van der Waals surface area contributed by atoms with Crippen LogP contribution in [0.25, 0.3) is 0 Å². The molecule has 2 rings (SSSR count). The van der Waals surface area contributed by atoms with Gasteiger partial charge in [-0.2, -0.15) is 0 Å². The minimum absolute atomic E-state index is 0.122. The second-order valence-corrected chi connectivity index (χ2v) is 6.00. The third kappa shape index (κ3) is 3.81. The van der Waals surface area contributed by atoms with Gasteiger partial charge in [0, 0.05) is 23.7 Å². The number of carbonyl (C=O) groups is 1. The maximum Gasteiger partial charge on any atom is 0.179 e. The quantitative estimate of drug-likeness (QED) is 0.849. The summed E-state index contributed by atoms with van der Waals surface area (Å²) in [4.78, 5) is 14.7. The first-order valence-corrected chi connectivity index (χ1v) is 7.64. The van der Waals surface area contributed by atoms with E-state index in [0.29, 0.717) is 16.5 Å². The van der Waals surface area contributed by atoms with Gasteiger partial charge in [-0.05, 0) is 50.8 Å². The molecule has 110 valence electrons. The Bertz CT molecular complexity index is 462. The summed E-state index contributed by atoms with van der Waals surface area (Å²) in [6, 6.07) is 7.01. The van der Waals surface area contributed by atoms with Gasteiger partial charge in [0.25, 0.3) is 0 Å². The molecule has 0 amide bonds. The van der Waals surface area contributed by atoms with Crippen molar-refractivity contribution in [2.45, 2.75) is 32.2 Å². The molecule has 1 saturated heterocycles. The SMILES string of the molecule is CC(C(=O)c1cccc(Cl)c1)N1CCCC(CCO)C1. The van der Waals surface area contributed by atoms with Crippen molar-refractivity contribution in [1.29, 1.82) is 0 Å². The van der Waals surface area contributed by atoms with E-state index in [4.69, 9.17) is 16.7 Å². The Balaban J connectivity index is 2.02. The molecule has 0 saturated carbocycles. The summed E-state index contributed by atoms with van der Waals surface area (Å²) in [6.07, 6.45) is 3.07. The van der Waals surface area contributed by atoms with Gasteiger partial charge in [-0.1, -0.05) is 23.7 Å². The summed E-state index contributed by atoms with van der Waals surface area (Å²) in [5.41, 5.74) is 0.675. The van der Waals surface area contributed by atoms with Crippen LogP contribution < -0.4 is 0 Å². The van der Waals surface area contributed by atoms with Crippen LogP contribution in [0.5, 0.6) is 0 Å². The number of nitrogens with zero attached hydrogens (tertiary/aromatic N) is 1. The summed E-state index contributed by atoms with van der Waals surface area (Å²) in [7, 11) is 0. The molecule has 2 atom stereocenters. The van der Waals surface area contributed by atoms with Crippen molar-refractivity contribution >= 4 is 17.4 Å². The van der Waals surface area contributed by atoms with Crippen molar-refractivity contribution < 1.29 is 9.90 Å². The Morgan fingerprint density at radius 3 is 3.05 bits per heavy atom. The minimum atomic E-state index is -0.130. The Morgan fingerprint density at radius 2 is 2.35 bits per heavy atom. The van der Waals surface area contributed by atoms with Crippen LogP contribution in [0.15, 0.2) is 24.3 Å². The van der Waals surface area contributed by atoms with Crippen LogP contribution in [0.1, 0.15) is 36.5 Å². The topological polar surface area (TPSA) is 40.5 Å². The third-order valence-electron chi connectivity index (χ3n) is 4.12. The predicted molar refractivity (Wildman–Crippen MR) is 81.2 cm³/mol. The molecule has 20 heavy (non-hydrogen) atoms. The van der Waals surface area contributed by atoms with Gasteiger partial charge in [-0.15, -0.1) is 0 Å². The Labute approximate surface area is 125 Å². The third-order valence-corrected chi connectivity index (χ3v) is 4.36. The normalized spacial score (nSPS) is 21.6. The van der Waals surface area contributed by atoms with E-state index >= 15 is 0 Å². The van der Waals surface area contributed by atoms with E-state index in [0.717, 1.165) is 32.4 Å². The lowest BCUT2D eigenvalue weighted by Crippen LogP contribution is -2.45. The second-order valence-electron chi connectivity index (χ2n) is 5.57. The zero-order valence-corrected chi connectivity index (χ0v) is 12.6. The van der Waals surface area contributed by atoms with Gasteiger partial charge in [0.2, 0.25) is 0 Å². The van der Waals surface area contributed by atoms with Crippen molar-refractivity contribution in [3.8, 4) is 0 Å². The standard InChI is InChI=1S/C16H22ClNO2/c1-12(16(20)14-5-2-6-15(17)10-14)18-8-3-4-13(11-18)7-9-19/h2,5-6,10,12-13,19H,3-4,7-9,11H2,1H3. The number of hydrogen-bond donors (Lipinski definition) is 1. The molecule has 2 unspecified atom stereocenters. The number of carbonyl (C=O) groups excluding carboxylic acids is 1. The highest BCUT2D eigenvalue weighted by Gasteiger charge is 2.27. The fourth-order valence-electron chi connectivity index (χ4n) is 2.92. The van der Waals surface area contributed by atoms with Crippen LogP contribution in [0, 0.1) is 5.92 Å². The lowest BCUT2D eigenvalue weighted by Gasteiger charge is -2.36. The second kappa shape index (κ2) is 7.21. The maximum atomic E-state index is 12.5. The molecular formula is C16H22ClNO2. The zero-order chi connectivity index (χ0) is 14.5. The van der Waals surface area contributed by atoms with Crippen LogP contribution in [0.3, 0.4) is 0 Å². The molecule has 1 aliphatic rings. The number of ketones is 1. The van der Waals surface area contributed by atoms with E-state index < -0.39 is 0 Å². The Kier molecular flexibility index (Phi) is 5.58. The summed E-state index contributed by atoms with van der Waals surface area (Å²) in [6.45, 7) is 4.04. The van der Waals surface area contributed by atoms with Gasteiger partial charge in [0.05, 0.1) is 6.04 Å². The summed E-state index contributed by atoms with van der Waals surface area (Å²) in [5.74, 6) is 0.625. The number of piperidine rings is 1. The van der Waals surface area contributed by atoms with Crippen molar-refractivity contribution in [2.24, 2.45) is 5.92 Å². The van der Waals surface area contributed by atoms with Gasteiger partial charge in [-0.25, -0.2) is 0 Å². The first-order valence-electron chi connectivity index (χ1n) is 7.26. The van der Waals surface area contributed by atoms with Gasteiger partial charge in [0.15, 0.2) is 5.78 Å². The molecular weight excluding hydrogens is 274 g/mol. The molecule has 0 bridgehead atoms. The smallest absolute Gasteiger partial charge is 0.179 e. The summed E-state index contributed by atoms with van der Waals surface area (Å²) in [5, 5.41) is 9.66. The lowest BCUT2D eigenvalue weighted by molar-refractivity contribution is 0.0728. The molecule has 1 aromatic rings. The average Bonchev–Trinajstić information content (AvgIpc) is 2.46. The van der Waals surface area contributed by atoms with E-state index in [-0.39, 0.29) is 18.4 Å². The molecule has 0 spiro atoms. The fraction of sp³-hybridized carbons (Fsp3) is 0.562. The fourth-order valence-corrected chi connectivity index (χ4v) is 3.11. The lowest BCUT2D eigenvalue weighted by atomic mass is 9.93. The summed E-state index contributed by atoms with van der Waals surface area (Å²) < 4.78 is 0. The summed E-state index contributed by atoms with van der Waals surface area (Å²) >= 11 is 5.95. The number of rotatable bonds is 5. The molecule has 3 nitrogen and oxygen atoms in total. The molecule has 0 aromatic heterocycles. The number of hydrogen-bond acceptors (Lipinski definition) is 3. The van der Waals surface area contributed by atoms with E-state index in [1.165, 1.54) is 0 Å². The number of benzene rings is 1. The number of halogens is 1. The van der Waals surface area contributed by atoms with Crippen LogP contribution in [0.4, 0.5) is 0 Å². The first kappa shape index (κ1) is 15.5. The molecule has 1 heterocycles. The van der Waals surface area contributed by atoms with Crippen molar-refractivity contribution in [2.75, 3.05) is 19.7 Å². The number of aliphatic hydroxyl groups is 1. The highest BCUT2D eigenvalue weighted by Crippen LogP contribution is 2.23. The number of likely N-dealkylation sites (tertiary alicyclic amines) is 1. The highest BCUT2D eigenvalue weighted by atomic mass is 35.5. The predicted octanol–water partition coefficient (Wildman–Crippen LogP) is 3.01. The largest absolute Gasteiger partial charge is 0.396 e. The van der Waals surface area contributed by atoms with Gasteiger partial charge < -0.3 is 5.11 Å². The maximum absolute atomic E-state index is 12.5. The van der Waals surface area contributed by atoms with Gasteiger partial charge in [0.1, 0.15) is 0 Å². The van der Waals surface area contributed by atoms with Crippen molar-refractivity contribution in [1.82, 2.24) is 4.90 Å². The van der Waals surface area contributed by atoms with Crippen LogP contribution in [0.2, 0.25) is 5.02 Å². The van der Waals surface area contributed by atoms with Gasteiger partial charge in [-0.3, -0.25) is 9.69 Å². The first-order chi connectivity index (χ1) is 9.61. The molecule has 1 fully saturated rings. The molecule has 1 aliphatic heterocycles. The van der Waals surface area contributed by atoms with Crippen molar-refractivity contribution in [3.05, 3.63) is 34.9 Å². The van der Waals surface area contributed by atoms with Crippen LogP contribution >= 0.6 is 11.6 Å².